The lowest BCUT2D eigenvalue weighted by molar-refractivity contribution is 0.627. The molecule has 2 rings (SSSR count). The minimum atomic E-state index is -0.227. The fourth-order valence-corrected chi connectivity index (χ4v) is 1.38. The number of aromatic nitrogens is 2. The first-order valence-corrected chi connectivity index (χ1v) is 4.98. The molecule has 3 heteroatoms. The first-order chi connectivity index (χ1) is 7.16. The molecule has 0 fully saturated rings. The van der Waals surface area contributed by atoms with Gasteiger partial charge in [-0.25, -0.2) is 9.07 Å². The molecule has 0 N–H and O–H groups in total. The molecule has 0 radical (unpaired) electrons. The predicted octanol–water partition coefficient (Wildman–Crippen LogP) is 3.13. The fourth-order valence-electron chi connectivity index (χ4n) is 1.38. The molecule has 1 aromatic heterocycles. The zero-order chi connectivity index (χ0) is 10.8. The third kappa shape index (κ3) is 2.06. The molecular formula is C12H13FN2. The van der Waals surface area contributed by atoms with Crippen molar-refractivity contribution in [2.75, 3.05) is 0 Å². The van der Waals surface area contributed by atoms with Crippen LogP contribution in [0.2, 0.25) is 0 Å². The second kappa shape index (κ2) is 3.85. The van der Waals surface area contributed by atoms with Gasteiger partial charge in [-0.15, -0.1) is 0 Å². The molecular weight excluding hydrogens is 191 g/mol. The van der Waals surface area contributed by atoms with Crippen molar-refractivity contribution < 1.29 is 4.39 Å². The number of hydrogen-bond acceptors (Lipinski definition) is 1. The van der Waals surface area contributed by atoms with Crippen LogP contribution in [0.4, 0.5) is 4.39 Å². The molecule has 2 aromatic rings. The molecule has 0 amide bonds. The molecule has 0 unspecified atom stereocenters. The van der Waals surface area contributed by atoms with E-state index in [1.54, 1.807) is 16.8 Å². The van der Waals surface area contributed by atoms with E-state index in [0.717, 1.165) is 11.4 Å². The lowest BCUT2D eigenvalue weighted by atomic mass is 10.1. The molecule has 15 heavy (non-hydrogen) atoms. The Morgan fingerprint density at radius 2 is 1.80 bits per heavy atom. The molecule has 0 aliphatic carbocycles. The van der Waals surface area contributed by atoms with Crippen molar-refractivity contribution in [1.82, 2.24) is 9.78 Å². The average molecular weight is 204 g/mol. The van der Waals surface area contributed by atoms with Crippen molar-refractivity contribution in [3.05, 3.63) is 48.0 Å². The van der Waals surface area contributed by atoms with Crippen molar-refractivity contribution in [1.29, 1.82) is 0 Å². The van der Waals surface area contributed by atoms with Crippen LogP contribution in [-0.4, -0.2) is 9.78 Å². The SMILES string of the molecule is CC(C)c1ccn(-c2ccc(F)cc2)n1. The van der Waals surface area contributed by atoms with Gasteiger partial charge in [0.25, 0.3) is 0 Å². The van der Waals surface area contributed by atoms with Gasteiger partial charge in [0.15, 0.2) is 0 Å². The first kappa shape index (κ1) is 9.90. The van der Waals surface area contributed by atoms with E-state index in [0.29, 0.717) is 5.92 Å². The normalized spacial score (nSPS) is 10.9. The Bertz CT molecular complexity index is 443. The van der Waals surface area contributed by atoms with Gasteiger partial charge in [0.2, 0.25) is 0 Å². The Morgan fingerprint density at radius 1 is 1.13 bits per heavy atom. The van der Waals surface area contributed by atoms with Crippen LogP contribution in [-0.2, 0) is 0 Å². The average Bonchev–Trinajstić information content (AvgIpc) is 2.68. The van der Waals surface area contributed by atoms with Gasteiger partial charge in [0, 0.05) is 6.20 Å². The van der Waals surface area contributed by atoms with Crippen LogP contribution in [0.25, 0.3) is 5.69 Å². The van der Waals surface area contributed by atoms with Crippen molar-refractivity contribution in [2.24, 2.45) is 0 Å². The maximum absolute atomic E-state index is 12.7. The van der Waals surface area contributed by atoms with E-state index in [4.69, 9.17) is 0 Å². The molecule has 0 saturated carbocycles. The Labute approximate surface area is 88.4 Å². The molecule has 0 aliphatic heterocycles. The van der Waals surface area contributed by atoms with Gasteiger partial charge in [-0.05, 0) is 36.2 Å². The summed E-state index contributed by atoms with van der Waals surface area (Å²) < 4.78 is 14.5. The van der Waals surface area contributed by atoms with E-state index < -0.39 is 0 Å². The first-order valence-electron chi connectivity index (χ1n) is 4.98. The summed E-state index contributed by atoms with van der Waals surface area (Å²) in [5, 5.41) is 4.40. The van der Waals surface area contributed by atoms with Gasteiger partial charge in [0.1, 0.15) is 5.82 Å². The summed E-state index contributed by atoms with van der Waals surface area (Å²) in [5.41, 5.74) is 1.92. The second-order valence-electron chi connectivity index (χ2n) is 3.82. The van der Waals surface area contributed by atoms with Crippen molar-refractivity contribution in [3.8, 4) is 5.69 Å². The second-order valence-corrected chi connectivity index (χ2v) is 3.82. The van der Waals surface area contributed by atoms with E-state index in [1.807, 2.05) is 12.3 Å². The van der Waals surface area contributed by atoms with E-state index in [2.05, 4.69) is 18.9 Å². The highest BCUT2D eigenvalue weighted by Crippen LogP contribution is 2.14. The van der Waals surface area contributed by atoms with Crippen LogP contribution in [0.1, 0.15) is 25.5 Å². The number of nitrogens with zero attached hydrogens (tertiary/aromatic N) is 2. The van der Waals surface area contributed by atoms with E-state index >= 15 is 0 Å². The topological polar surface area (TPSA) is 17.8 Å². The Hall–Kier alpha value is -1.64. The van der Waals surface area contributed by atoms with Crippen LogP contribution in [0.5, 0.6) is 0 Å². The number of benzene rings is 1. The summed E-state index contributed by atoms with van der Waals surface area (Å²) in [6.07, 6.45) is 1.89. The molecule has 0 atom stereocenters. The largest absolute Gasteiger partial charge is 0.241 e. The minimum absolute atomic E-state index is 0.227. The lowest BCUT2D eigenvalue weighted by Crippen LogP contribution is -1.97. The standard InChI is InChI=1S/C12H13FN2/c1-9(2)12-7-8-15(14-12)11-5-3-10(13)4-6-11/h3-9H,1-2H3. The summed E-state index contributed by atoms with van der Waals surface area (Å²) in [6.45, 7) is 4.19. The summed E-state index contributed by atoms with van der Waals surface area (Å²) in [6, 6.07) is 8.28. The Kier molecular flexibility index (Phi) is 2.54. The molecule has 1 aromatic carbocycles. The van der Waals surface area contributed by atoms with Gasteiger partial charge >= 0.3 is 0 Å². The molecule has 78 valence electrons. The quantitative estimate of drug-likeness (QED) is 0.734. The summed E-state index contributed by atoms with van der Waals surface area (Å²) in [4.78, 5) is 0. The zero-order valence-corrected chi connectivity index (χ0v) is 8.81. The van der Waals surface area contributed by atoms with Gasteiger partial charge < -0.3 is 0 Å². The predicted molar refractivity (Wildman–Crippen MR) is 57.6 cm³/mol. The monoisotopic (exact) mass is 204 g/mol. The molecule has 0 spiro atoms. The van der Waals surface area contributed by atoms with Crippen molar-refractivity contribution >= 4 is 0 Å². The summed E-state index contributed by atoms with van der Waals surface area (Å²) in [7, 11) is 0. The van der Waals surface area contributed by atoms with Crippen LogP contribution in [0, 0.1) is 5.82 Å². The van der Waals surface area contributed by atoms with Gasteiger partial charge in [-0.3, -0.25) is 0 Å². The third-order valence-corrected chi connectivity index (χ3v) is 2.29. The highest BCUT2D eigenvalue weighted by atomic mass is 19.1. The van der Waals surface area contributed by atoms with Crippen LogP contribution >= 0.6 is 0 Å². The number of halogens is 1. The van der Waals surface area contributed by atoms with E-state index in [-0.39, 0.29) is 5.82 Å². The smallest absolute Gasteiger partial charge is 0.123 e. The highest BCUT2D eigenvalue weighted by molar-refractivity contribution is 5.31. The molecule has 0 saturated heterocycles. The maximum Gasteiger partial charge on any atom is 0.123 e. The van der Waals surface area contributed by atoms with Gasteiger partial charge in [-0.1, -0.05) is 13.8 Å². The van der Waals surface area contributed by atoms with Gasteiger partial charge in [0.05, 0.1) is 11.4 Å². The zero-order valence-electron chi connectivity index (χ0n) is 8.81. The van der Waals surface area contributed by atoms with Crippen LogP contribution in [0.15, 0.2) is 36.5 Å². The van der Waals surface area contributed by atoms with Crippen molar-refractivity contribution in [2.45, 2.75) is 19.8 Å². The van der Waals surface area contributed by atoms with Crippen LogP contribution < -0.4 is 0 Å². The summed E-state index contributed by atoms with van der Waals surface area (Å²) in [5.74, 6) is 0.182. The fraction of sp³-hybridized carbons (Fsp3) is 0.250. The summed E-state index contributed by atoms with van der Waals surface area (Å²) >= 11 is 0. The molecule has 2 nitrogen and oxygen atoms in total. The van der Waals surface area contributed by atoms with E-state index in [9.17, 15) is 4.39 Å². The number of rotatable bonds is 2. The molecule has 1 heterocycles. The lowest BCUT2D eigenvalue weighted by Gasteiger charge is -2.01. The van der Waals surface area contributed by atoms with E-state index in [1.165, 1.54) is 12.1 Å². The maximum atomic E-state index is 12.7. The molecule has 0 aliphatic rings. The Balaban J connectivity index is 2.33. The van der Waals surface area contributed by atoms with Gasteiger partial charge in [-0.2, -0.15) is 5.10 Å². The Morgan fingerprint density at radius 3 is 2.33 bits per heavy atom. The number of hydrogen-bond donors (Lipinski definition) is 0. The van der Waals surface area contributed by atoms with Crippen LogP contribution in [0.3, 0.4) is 0 Å². The minimum Gasteiger partial charge on any atom is -0.241 e. The third-order valence-electron chi connectivity index (χ3n) is 2.29. The van der Waals surface area contributed by atoms with Crippen molar-refractivity contribution in [3.63, 3.8) is 0 Å². The highest BCUT2D eigenvalue weighted by Gasteiger charge is 2.04. The molecule has 0 bridgehead atoms.